The van der Waals surface area contributed by atoms with Crippen molar-refractivity contribution in [3.63, 3.8) is 0 Å². The Bertz CT molecular complexity index is 448. The molecule has 20 heavy (non-hydrogen) atoms. The third kappa shape index (κ3) is 4.66. The number of amides is 1. The topological polar surface area (TPSA) is 92.4 Å². The maximum absolute atomic E-state index is 12.0. The minimum Gasteiger partial charge on any atom is -0.480 e. The van der Waals surface area contributed by atoms with E-state index in [9.17, 15) is 9.59 Å². The average molecular weight is 278 g/mol. The van der Waals surface area contributed by atoms with Gasteiger partial charge in [0.2, 0.25) is 5.91 Å². The summed E-state index contributed by atoms with van der Waals surface area (Å²) in [7, 11) is 0. The zero-order valence-electron chi connectivity index (χ0n) is 11.9. The van der Waals surface area contributed by atoms with Gasteiger partial charge in [-0.05, 0) is 17.9 Å². The quantitative estimate of drug-likeness (QED) is 0.698. The van der Waals surface area contributed by atoms with Gasteiger partial charge in [0.25, 0.3) is 0 Å². The molecule has 5 heteroatoms. The lowest BCUT2D eigenvalue weighted by molar-refractivity contribution is -0.143. The highest BCUT2D eigenvalue weighted by atomic mass is 16.4. The van der Waals surface area contributed by atoms with Crippen molar-refractivity contribution in [2.45, 2.75) is 38.8 Å². The Morgan fingerprint density at radius 1 is 1.30 bits per heavy atom. The van der Waals surface area contributed by atoms with Crippen LogP contribution in [0.1, 0.15) is 25.8 Å². The molecule has 0 aliphatic carbocycles. The van der Waals surface area contributed by atoms with Gasteiger partial charge >= 0.3 is 5.97 Å². The van der Waals surface area contributed by atoms with E-state index < -0.39 is 24.0 Å². The van der Waals surface area contributed by atoms with Gasteiger partial charge in [0.15, 0.2) is 0 Å². The molecule has 1 aromatic carbocycles. The minimum absolute atomic E-state index is 0.139. The number of hydrogen-bond donors (Lipinski definition) is 3. The second-order valence-corrected chi connectivity index (χ2v) is 5.01. The number of carboxylic acid groups (broad SMARTS) is 1. The maximum Gasteiger partial charge on any atom is 0.326 e. The molecule has 0 aliphatic heterocycles. The first kappa shape index (κ1) is 16.2. The fourth-order valence-corrected chi connectivity index (χ4v) is 1.90. The van der Waals surface area contributed by atoms with Crippen LogP contribution in [0.4, 0.5) is 0 Å². The van der Waals surface area contributed by atoms with Gasteiger partial charge in [-0.3, -0.25) is 4.79 Å². The average Bonchev–Trinajstić information content (AvgIpc) is 2.44. The molecule has 0 saturated carbocycles. The van der Waals surface area contributed by atoms with Crippen molar-refractivity contribution in [1.29, 1.82) is 0 Å². The number of rotatable bonds is 7. The first-order valence-electron chi connectivity index (χ1n) is 6.78. The van der Waals surface area contributed by atoms with Crippen LogP contribution in [-0.4, -0.2) is 29.1 Å². The predicted molar refractivity (Wildman–Crippen MR) is 77.1 cm³/mol. The summed E-state index contributed by atoms with van der Waals surface area (Å²) in [5.41, 5.74) is 6.78. The van der Waals surface area contributed by atoms with Crippen LogP contribution < -0.4 is 11.1 Å². The van der Waals surface area contributed by atoms with Crippen LogP contribution in [0.5, 0.6) is 0 Å². The Labute approximate surface area is 119 Å². The standard InChI is InChI=1S/C15H22N2O3/c1-3-10(2)13(15(19)20)17-14(18)12(16)9-11-7-5-4-6-8-11/h4-8,10,12-13H,3,9,16H2,1-2H3,(H,17,18)(H,19,20)/t10?,12-,13+/m1/s1. The normalized spacial score (nSPS) is 15.2. The SMILES string of the molecule is CCC(C)[C@H](NC(=O)[C@H](N)Cc1ccccc1)C(=O)O. The van der Waals surface area contributed by atoms with Crippen LogP contribution in [0.2, 0.25) is 0 Å². The molecule has 1 rings (SSSR count). The molecule has 110 valence electrons. The highest BCUT2D eigenvalue weighted by Crippen LogP contribution is 2.09. The number of carboxylic acids is 1. The monoisotopic (exact) mass is 278 g/mol. The van der Waals surface area contributed by atoms with Crippen LogP contribution >= 0.6 is 0 Å². The Balaban J connectivity index is 2.62. The molecule has 0 fully saturated rings. The van der Waals surface area contributed by atoms with E-state index in [0.717, 1.165) is 5.56 Å². The van der Waals surface area contributed by atoms with Crippen molar-refractivity contribution in [1.82, 2.24) is 5.32 Å². The van der Waals surface area contributed by atoms with E-state index in [1.54, 1.807) is 6.92 Å². The first-order valence-corrected chi connectivity index (χ1v) is 6.78. The lowest BCUT2D eigenvalue weighted by Crippen LogP contribution is -2.51. The molecular weight excluding hydrogens is 256 g/mol. The molecule has 1 amide bonds. The molecule has 0 bridgehead atoms. The summed E-state index contributed by atoms with van der Waals surface area (Å²) in [4.78, 5) is 23.1. The van der Waals surface area contributed by atoms with Crippen molar-refractivity contribution < 1.29 is 14.7 Å². The van der Waals surface area contributed by atoms with Crippen molar-refractivity contribution in [3.8, 4) is 0 Å². The van der Waals surface area contributed by atoms with Gasteiger partial charge in [-0.25, -0.2) is 4.79 Å². The fourth-order valence-electron chi connectivity index (χ4n) is 1.90. The summed E-state index contributed by atoms with van der Waals surface area (Å²) in [6, 6.07) is 7.77. The highest BCUT2D eigenvalue weighted by Gasteiger charge is 2.27. The van der Waals surface area contributed by atoms with Crippen LogP contribution in [0.15, 0.2) is 30.3 Å². The van der Waals surface area contributed by atoms with E-state index in [0.29, 0.717) is 12.8 Å². The van der Waals surface area contributed by atoms with Crippen LogP contribution in [-0.2, 0) is 16.0 Å². The van der Waals surface area contributed by atoms with E-state index in [2.05, 4.69) is 5.32 Å². The smallest absolute Gasteiger partial charge is 0.326 e. The Morgan fingerprint density at radius 3 is 2.40 bits per heavy atom. The van der Waals surface area contributed by atoms with E-state index >= 15 is 0 Å². The zero-order valence-corrected chi connectivity index (χ0v) is 11.9. The van der Waals surface area contributed by atoms with Gasteiger partial charge in [0.05, 0.1) is 6.04 Å². The number of nitrogens with two attached hydrogens (primary N) is 1. The molecule has 0 radical (unpaired) electrons. The number of nitrogens with one attached hydrogen (secondary N) is 1. The van der Waals surface area contributed by atoms with E-state index in [1.165, 1.54) is 0 Å². The molecule has 5 nitrogen and oxygen atoms in total. The number of carbonyl (C=O) groups is 2. The summed E-state index contributed by atoms with van der Waals surface area (Å²) in [6.07, 6.45) is 1.06. The van der Waals surface area contributed by atoms with Crippen molar-refractivity contribution in [2.75, 3.05) is 0 Å². The molecule has 0 aromatic heterocycles. The molecule has 1 unspecified atom stereocenters. The molecule has 0 aliphatic rings. The number of hydrogen-bond acceptors (Lipinski definition) is 3. The van der Waals surface area contributed by atoms with Crippen molar-refractivity contribution in [2.24, 2.45) is 11.7 Å². The lowest BCUT2D eigenvalue weighted by atomic mass is 9.98. The largest absolute Gasteiger partial charge is 0.480 e. The minimum atomic E-state index is -1.03. The number of aliphatic carboxylic acids is 1. The van der Waals surface area contributed by atoms with Gasteiger partial charge in [0, 0.05) is 0 Å². The van der Waals surface area contributed by atoms with Crippen molar-refractivity contribution in [3.05, 3.63) is 35.9 Å². The van der Waals surface area contributed by atoms with E-state index in [1.807, 2.05) is 37.3 Å². The summed E-state index contributed by atoms with van der Waals surface area (Å²) in [6.45, 7) is 3.68. The molecule has 0 spiro atoms. The maximum atomic E-state index is 12.0. The van der Waals surface area contributed by atoms with E-state index in [-0.39, 0.29) is 5.92 Å². The molecule has 3 atom stereocenters. The van der Waals surface area contributed by atoms with Crippen LogP contribution in [0.3, 0.4) is 0 Å². The highest BCUT2D eigenvalue weighted by molar-refractivity contribution is 5.87. The second-order valence-electron chi connectivity index (χ2n) is 5.01. The van der Waals surface area contributed by atoms with Gasteiger partial charge in [-0.2, -0.15) is 0 Å². The van der Waals surface area contributed by atoms with Gasteiger partial charge in [0.1, 0.15) is 6.04 Å². The van der Waals surface area contributed by atoms with Gasteiger partial charge < -0.3 is 16.2 Å². The molecule has 0 heterocycles. The fraction of sp³-hybridized carbons (Fsp3) is 0.467. The van der Waals surface area contributed by atoms with Gasteiger partial charge in [-0.1, -0.05) is 50.6 Å². The first-order chi connectivity index (χ1) is 9.45. The molecular formula is C15H22N2O3. The Morgan fingerprint density at radius 2 is 1.90 bits per heavy atom. The predicted octanol–water partition coefficient (Wildman–Crippen LogP) is 1.17. The van der Waals surface area contributed by atoms with Crippen molar-refractivity contribution >= 4 is 11.9 Å². The van der Waals surface area contributed by atoms with Gasteiger partial charge in [-0.15, -0.1) is 0 Å². The third-order valence-corrected chi connectivity index (χ3v) is 3.41. The second kappa shape index (κ2) is 7.65. The summed E-state index contributed by atoms with van der Waals surface area (Å²) in [5, 5.41) is 11.7. The molecule has 1 aromatic rings. The third-order valence-electron chi connectivity index (χ3n) is 3.41. The molecule has 0 saturated heterocycles. The number of benzene rings is 1. The summed E-state index contributed by atoms with van der Waals surface area (Å²) >= 11 is 0. The lowest BCUT2D eigenvalue weighted by Gasteiger charge is -2.22. The number of carbonyl (C=O) groups excluding carboxylic acids is 1. The Kier molecular flexibility index (Phi) is 6.18. The van der Waals surface area contributed by atoms with Crippen LogP contribution in [0, 0.1) is 5.92 Å². The Hall–Kier alpha value is -1.88. The molecule has 4 N–H and O–H groups in total. The summed E-state index contributed by atoms with van der Waals surface area (Å²) in [5.74, 6) is -1.60. The summed E-state index contributed by atoms with van der Waals surface area (Å²) < 4.78 is 0. The zero-order chi connectivity index (χ0) is 15.1. The van der Waals surface area contributed by atoms with E-state index in [4.69, 9.17) is 10.8 Å². The van der Waals surface area contributed by atoms with Crippen LogP contribution in [0.25, 0.3) is 0 Å².